The highest BCUT2D eigenvalue weighted by atomic mass is 28.3. The average Bonchev–Trinajstić information content (AvgIpc) is 3.20. The molecule has 0 saturated carbocycles. The molecule has 6 atom stereocenters. The Balaban J connectivity index is 1.85. The van der Waals surface area contributed by atoms with E-state index in [9.17, 15) is 14.4 Å². The van der Waals surface area contributed by atoms with Gasteiger partial charge in [-0.25, -0.2) is 0 Å². The van der Waals surface area contributed by atoms with E-state index in [0.29, 0.717) is 6.61 Å². The van der Waals surface area contributed by atoms with Gasteiger partial charge < -0.3 is 28.4 Å². The van der Waals surface area contributed by atoms with E-state index >= 15 is 0 Å². The van der Waals surface area contributed by atoms with Gasteiger partial charge in [-0.1, -0.05) is 90.3 Å². The maximum absolute atomic E-state index is 11.9. The highest BCUT2D eigenvalue weighted by molar-refractivity contribution is 6.77. The van der Waals surface area contributed by atoms with E-state index in [1.54, 1.807) is 6.92 Å². The zero-order valence-corrected chi connectivity index (χ0v) is 27.4. The first-order chi connectivity index (χ1) is 19.4. The first kappa shape index (κ1) is 35.7. The molecular formula is C30H54O10Si. The quantitative estimate of drug-likeness (QED) is 0.0769. The normalized spacial score (nSPS) is 27.7. The van der Waals surface area contributed by atoms with Crippen LogP contribution in [0.25, 0.3) is 0 Å². The van der Waals surface area contributed by atoms with Crippen LogP contribution in [0.2, 0.25) is 25.2 Å². The van der Waals surface area contributed by atoms with E-state index in [4.69, 9.17) is 33.2 Å². The monoisotopic (exact) mass is 602 g/mol. The Labute approximate surface area is 247 Å². The van der Waals surface area contributed by atoms with Gasteiger partial charge in [0.25, 0.3) is 5.97 Å². The summed E-state index contributed by atoms with van der Waals surface area (Å²) in [7, 11) is -1.48. The van der Waals surface area contributed by atoms with Crippen LogP contribution in [0.4, 0.5) is 0 Å². The molecule has 0 amide bonds. The van der Waals surface area contributed by atoms with E-state index < -0.39 is 62.7 Å². The van der Waals surface area contributed by atoms with E-state index in [2.05, 4.69) is 20.0 Å². The van der Waals surface area contributed by atoms with Gasteiger partial charge in [-0.3, -0.25) is 19.1 Å². The Morgan fingerprint density at radius 1 is 0.756 bits per heavy atom. The smallest absolute Gasteiger partial charge is 0.303 e. The molecule has 2 heterocycles. The maximum atomic E-state index is 11.9. The van der Waals surface area contributed by atoms with Crippen molar-refractivity contribution >= 4 is 26.0 Å². The lowest BCUT2D eigenvalue weighted by molar-refractivity contribution is -0.342. The number of fused-ring (bicyclic) bond motifs is 1. The minimum absolute atomic E-state index is 0.214. The predicted octanol–water partition coefficient (Wildman–Crippen LogP) is 5.87. The molecule has 0 aliphatic carbocycles. The van der Waals surface area contributed by atoms with Gasteiger partial charge in [-0.2, -0.15) is 0 Å². The van der Waals surface area contributed by atoms with Crippen LogP contribution in [0.3, 0.4) is 0 Å². The van der Waals surface area contributed by atoms with Crippen molar-refractivity contribution in [1.82, 2.24) is 0 Å². The first-order valence-electron chi connectivity index (χ1n) is 15.5. The predicted molar refractivity (Wildman–Crippen MR) is 156 cm³/mol. The van der Waals surface area contributed by atoms with Gasteiger partial charge >= 0.3 is 17.9 Å². The Kier molecular flexibility index (Phi) is 15.3. The first-order valence-corrected chi connectivity index (χ1v) is 18.9. The van der Waals surface area contributed by atoms with Crippen molar-refractivity contribution in [3.63, 3.8) is 0 Å². The Hall–Kier alpha value is -1.53. The van der Waals surface area contributed by atoms with Gasteiger partial charge in [0.2, 0.25) is 0 Å². The average molecular weight is 603 g/mol. The molecule has 0 spiro atoms. The number of hydrogen-bond donors (Lipinski definition) is 0. The fourth-order valence-electron chi connectivity index (χ4n) is 5.37. The molecule has 2 aliphatic rings. The molecule has 238 valence electrons. The summed E-state index contributed by atoms with van der Waals surface area (Å²) in [5.74, 6) is -3.15. The minimum atomic E-state index is -1.48. The van der Waals surface area contributed by atoms with Crippen LogP contribution in [-0.4, -0.2) is 75.9 Å². The molecular weight excluding hydrogens is 548 g/mol. The van der Waals surface area contributed by atoms with Crippen molar-refractivity contribution < 1.29 is 47.5 Å². The molecule has 0 aromatic heterocycles. The summed E-state index contributed by atoms with van der Waals surface area (Å²) in [5, 5.41) is 0. The highest BCUT2D eigenvalue weighted by Gasteiger charge is 2.59. The number of esters is 3. The SMILES string of the molecule is CCCCCCCCCCCC[Si](C)(C)CCOC1(C)OC2OC(COC(C)=O)C(OC(C)=O)C(OC(C)=O)C2O1. The summed E-state index contributed by atoms with van der Waals surface area (Å²) < 4.78 is 40.3. The molecule has 2 aliphatic heterocycles. The summed E-state index contributed by atoms with van der Waals surface area (Å²) in [4.78, 5) is 35.2. The summed E-state index contributed by atoms with van der Waals surface area (Å²) in [5.41, 5.74) is 0. The van der Waals surface area contributed by atoms with E-state index in [1.807, 2.05) is 0 Å². The lowest BCUT2D eigenvalue weighted by atomic mass is 9.98. The second-order valence-electron chi connectivity index (χ2n) is 12.3. The molecule has 10 nitrogen and oxygen atoms in total. The molecule has 0 aromatic rings. The molecule has 6 unspecified atom stereocenters. The summed E-state index contributed by atoms with van der Waals surface area (Å²) in [6, 6.07) is 2.19. The number of hydrogen-bond acceptors (Lipinski definition) is 10. The van der Waals surface area contributed by atoms with E-state index in [-0.39, 0.29) is 6.61 Å². The van der Waals surface area contributed by atoms with Gasteiger partial charge in [0, 0.05) is 35.8 Å². The zero-order chi connectivity index (χ0) is 30.5. The lowest BCUT2D eigenvalue weighted by Gasteiger charge is -2.40. The molecule has 0 radical (unpaired) electrons. The second-order valence-corrected chi connectivity index (χ2v) is 17.6. The van der Waals surface area contributed by atoms with Crippen molar-refractivity contribution in [1.29, 1.82) is 0 Å². The molecule has 2 rings (SSSR count). The fraction of sp³-hybridized carbons (Fsp3) is 0.900. The molecule has 0 N–H and O–H groups in total. The maximum Gasteiger partial charge on any atom is 0.303 e. The third-order valence-corrected chi connectivity index (χ3v) is 10.9. The molecule has 0 aromatic carbocycles. The van der Waals surface area contributed by atoms with Crippen molar-refractivity contribution in [3.8, 4) is 0 Å². The number of unbranched alkanes of at least 4 members (excludes halogenated alkanes) is 9. The Morgan fingerprint density at radius 2 is 1.32 bits per heavy atom. The minimum Gasteiger partial charge on any atom is -0.463 e. The van der Waals surface area contributed by atoms with Crippen molar-refractivity contribution in [3.05, 3.63) is 0 Å². The van der Waals surface area contributed by atoms with Gasteiger partial charge in [-0.05, 0) is 6.04 Å². The fourth-order valence-corrected chi connectivity index (χ4v) is 7.49. The largest absolute Gasteiger partial charge is 0.463 e. The van der Waals surface area contributed by atoms with Crippen LogP contribution in [-0.2, 0) is 47.5 Å². The molecule has 2 saturated heterocycles. The lowest BCUT2D eigenvalue weighted by Crippen LogP contribution is -2.60. The third kappa shape index (κ3) is 13.1. The second kappa shape index (κ2) is 17.6. The van der Waals surface area contributed by atoms with Crippen LogP contribution in [0, 0.1) is 0 Å². The molecule has 0 bridgehead atoms. The molecule has 41 heavy (non-hydrogen) atoms. The van der Waals surface area contributed by atoms with Gasteiger partial charge in [0.05, 0.1) is 6.61 Å². The summed E-state index contributed by atoms with van der Waals surface area (Å²) in [6.45, 7) is 12.7. The van der Waals surface area contributed by atoms with E-state index in [1.165, 1.54) is 91.0 Å². The van der Waals surface area contributed by atoms with Gasteiger partial charge in [-0.15, -0.1) is 0 Å². The highest BCUT2D eigenvalue weighted by Crippen LogP contribution is 2.40. The summed E-state index contributed by atoms with van der Waals surface area (Å²) in [6.07, 6.45) is 8.41. The van der Waals surface area contributed by atoms with Gasteiger partial charge in [0.1, 0.15) is 12.7 Å². The topological polar surface area (TPSA) is 116 Å². The number of ether oxygens (including phenoxy) is 7. The van der Waals surface area contributed by atoms with E-state index in [0.717, 1.165) is 6.04 Å². The molecule has 2 fully saturated rings. The van der Waals surface area contributed by atoms with Crippen LogP contribution in [0.5, 0.6) is 0 Å². The number of carbonyl (C=O) groups is 3. The Bertz CT molecular complexity index is 821. The standard InChI is InChI=1S/C30H54O10Si/c1-8-9-10-11-12-13-14-15-16-17-19-41(6,7)20-18-35-30(5)39-28-27(37-24(4)33)26(36-23(3)32)25(21-34-22(2)31)38-29(28)40-30/h25-29H,8-21H2,1-7H3. The summed E-state index contributed by atoms with van der Waals surface area (Å²) >= 11 is 0. The zero-order valence-electron chi connectivity index (χ0n) is 26.4. The number of rotatable bonds is 19. The van der Waals surface area contributed by atoms with Crippen molar-refractivity contribution in [2.45, 2.75) is 161 Å². The van der Waals surface area contributed by atoms with Crippen molar-refractivity contribution in [2.75, 3.05) is 13.2 Å². The molecule has 11 heteroatoms. The van der Waals surface area contributed by atoms with Crippen LogP contribution >= 0.6 is 0 Å². The van der Waals surface area contributed by atoms with Crippen LogP contribution in [0.15, 0.2) is 0 Å². The van der Waals surface area contributed by atoms with Gasteiger partial charge in [0.15, 0.2) is 24.6 Å². The Morgan fingerprint density at radius 3 is 1.88 bits per heavy atom. The third-order valence-electron chi connectivity index (χ3n) is 7.68. The van der Waals surface area contributed by atoms with Crippen LogP contribution < -0.4 is 0 Å². The van der Waals surface area contributed by atoms with Crippen molar-refractivity contribution in [2.24, 2.45) is 0 Å². The van der Waals surface area contributed by atoms with Crippen LogP contribution in [0.1, 0.15) is 98.8 Å². The number of carbonyl (C=O) groups excluding carboxylic acids is 3.